The Hall–Kier alpha value is -3.34. The molecule has 0 aliphatic carbocycles. The SMILES string of the molecule is COc1ccc(C(=O)NN=Cc2cc(C)n(-c3c(C)cccc3C)c2C)cc1. The van der Waals surface area contributed by atoms with Gasteiger partial charge in [-0.15, -0.1) is 0 Å². The predicted molar refractivity (Wildman–Crippen MR) is 113 cm³/mol. The zero-order valence-corrected chi connectivity index (χ0v) is 16.9. The summed E-state index contributed by atoms with van der Waals surface area (Å²) in [5.74, 6) is 0.446. The van der Waals surface area contributed by atoms with Gasteiger partial charge in [-0.05, 0) is 69.2 Å². The summed E-state index contributed by atoms with van der Waals surface area (Å²) in [4.78, 5) is 12.2. The number of hydrogen-bond acceptors (Lipinski definition) is 3. The summed E-state index contributed by atoms with van der Waals surface area (Å²) in [6, 6.07) is 15.3. The van der Waals surface area contributed by atoms with Gasteiger partial charge in [0.25, 0.3) is 5.91 Å². The van der Waals surface area contributed by atoms with Crippen LogP contribution in [0.1, 0.15) is 38.4 Å². The fourth-order valence-corrected chi connectivity index (χ4v) is 3.39. The number of hydrogen-bond donors (Lipinski definition) is 1. The number of ether oxygens (including phenoxy) is 1. The molecule has 0 aliphatic rings. The van der Waals surface area contributed by atoms with Crippen LogP contribution in [0.2, 0.25) is 0 Å². The minimum Gasteiger partial charge on any atom is -0.497 e. The van der Waals surface area contributed by atoms with E-state index in [0.29, 0.717) is 11.3 Å². The van der Waals surface area contributed by atoms with Crippen molar-refractivity contribution in [3.05, 3.63) is 82.2 Å². The minimum absolute atomic E-state index is 0.262. The number of benzene rings is 2. The van der Waals surface area contributed by atoms with Crippen molar-refractivity contribution in [1.82, 2.24) is 9.99 Å². The second kappa shape index (κ2) is 8.13. The first-order chi connectivity index (χ1) is 13.4. The number of amides is 1. The summed E-state index contributed by atoms with van der Waals surface area (Å²) >= 11 is 0. The molecule has 5 nitrogen and oxygen atoms in total. The van der Waals surface area contributed by atoms with E-state index >= 15 is 0 Å². The number of carbonyl (C=O) groups is 1. The molecule has 0 spiro atoms. The third-order valence-corrected chi connectivity index (χ3v) is 4.86. The number of nitrogens with zero attached hydrogens (tertiary/aromatic N) is 2. The van der Waals surface area contributed by atoms with Gasteiger partial charge in [-0.3, -0.25) is 4.79 Å². The van der Waals surface area contributed by atoms with Crippen molar-refractivity contribution in [2.75, 3.05) is 7.11 Å². The zero-order chi connectivity index (χ0) is 20.3. The first-order valence-electron chi connectivity index (χ1n) is 9.15. The Morgan fingerprint density at radius 2 is 1.68 bits per heavy atom. The summed E-state index contributed by atoms with van der Waals surface area (Å²) in [6.45, 7) is 8.37. The molecule has 3 rings (SSSR count). The summed E-state index contributed by atoms with van der Waals surface area (Å²) in [6.07, 6.45) is 1.69. The number of methoxy groups -OCH3 is 1. The molecule has 1 N–H and O–H groups in total. The van der Waals surface area contributed by atoms with E-state index in [1.165, 1.54) is 16.8 Å². The number of hydrazone groups is 1. The quantitative estimate of drug-likeness (QED) is 0.528. The average molecular weight is 375 g/mol. The maximum atomic E-state index is 12.2. The van der Waals surface area contributed by atoms with E-state index < -0.39 is 0 Å². The minimum atomic E-state index is -0.262. The normalized spacial score (nSPS) is 11.0. The first-order valence-corrected chi connectivity index (χ1v) is 9.15. The van der Waals surface area contributed by atoms with Gasteiger partial charge in [0.2, 0.25) is 0 Å². The molecule has 0 aliphatic heterocycles. The van der Waals surface area contributed by atoms with Gasteiger partial charge in [-0.2, -0.15) is 5.10 Å². The van der Waals surface area contributed by atoms with Gasteiger partial charge < -0.3 is 9.30 Å². The predicted octanol–water partition coefficient (Wildman–Crippen LogP) is 4.48. The highest BCUT2D eigenvalue weighted by molar-refractivity contribution is 5.95. The summed E-state index contributed by atoms with van der Waals surface area (Å²) in [5, 5.41) is 4.15. The zero-order valence-electron chi connectivity index (χ0n) is 16.9. The van der Waals surface area contributed by atoms with Crippen molar-refractivity contribution < 1.29 is 9.53 Å². The topological polar surface area (TPSA) is 55.6 Å². The Bertz CT molecular complexity index is 1010. The van der Waals surface area contributed by atoms with Gasteiger partial charge >= 0.3 is 0 Å². The third kappa shape index (κ3) is 3.83. The molecule has 28 heavy (non-hydrogen) atoms. The molecule has 2 aromatic carbocycles. The van der Waals surface area contributed by atoms with Crippen molar-refractivity contribution in [3.8, 4) is 11.4 Å². The lowest BCUT2D eigenvalue weighted by atomic mass is 10.1. The standard InChI is InChI=1S/C23H25N3O2/c1-15-7-6-8-16(2)22(15)26-17(3)13-20(18(26)4)14-24-25-23(27)19-9-11-21(28-5)12-10-19/h6-14H,1-5H3,(H,25,27). The Morgan fingerprint density at radius 1 is 1.04 bits per heavy atom. The largest absolute Gasteiger partial charge is 0.497 e. The molecule has 0 saturated heterocycles. The van der Waals surface area contributed by atoms with E-state index in [1.54, 1.807) is 37.6 Å². The van der Waals surface area contributed by atoms with Crippen LogP contribution >= 0.6 is 0 Å². The fraction of sp³-hybridized carbons (Fsp3) is 0.217. The highest BCUT2D eigenvalue weighted by Gasteiger charge is 2.13. The Kier molecular flexibility index (Phi) is 5.64. The molecule has 1 heterocycles. The monoisotopic (exact) mass is 375 g/mol. The molecule has 0 radical (unpaired) electrons. The van der Waals surface area contributed by atoms with E-state index in [-0.39, 0.29) is 5.91 Å². The summed E-state index contributed by atoms with van der Waals surface area (Å²) in [5.41, 5.74) is 9.92. The van der Waals surface area contributed by atoms with Crippen LogP contribution < -0.4 is 10.2 Å². The molecule has 1 aromatic heterocycles. The molecule has 0 fully saturated rings. The van der Waals surface area contributed by atoms with Gasteiger partial charge in [0.1, 0.15) is 5.75 Å². The smallest absolute Gasteiger partial charge is 0.271 e. The van der Waals surface area contributed by atoms with Crippen LogP contribution in [0.25, 0.3) is 5.69 Å². The number of carbonyl (C=O) groups excluding carboxylic acids is 1. The first kappa shape index (κ1) is 19.4. The third-order valence-electron chi connectivity index (χ3n) is 4.86. The second-order valence-corrected chi connectivity index (χ2v) is 6.83. The number of aromatic nitrogens is 1. The van der Waals surface area contributed by atoms with E-state index in [0.717, 1.165) is 17.0 Å². The maximum absolute atomic E-state index is 12.2. The molecule has 3 aromatic rings. The van der Waals surface area contributed by atoms with Crippen molar-refractivity contribution >= 4 is 12.1 Å². The Balaban J connectivity index is 1.80. The van der Waals surface area contributed by atoms with Crippen LogP contribution in [0.4, 0.5) is 0 Å². The van der Waals surface area contributed by atoms with Gasteiger partial charge in [0, 0.05) is 22.5 Å². The highest BCUT2D eigenvalue weighted by Crippen LogP contribution is 2.25. The number of nitrogens with one attached hydrogen (secondary N) is 1. The molecular formula is C23H25N3O2. The highest BCUT2D eigenvalue weighted by atomic mass is 16.5. The number of rotatable bonds is 5. The lowest BCUT2D eigenvalue weighted by molar-refractivity contribution is 0.0955. The van der Waals surface area contributed by atoms with Crippen LogP contribution in [0.3, 0.4) is 0 Å². The maximum Gasteiger partial charge on any atom is 0.271 e. The summed E-state index contributed by atoms with van der Waals surface area (Å²) in [7, 11) is 1.59. The van der Waals surface area contributed by atoms with Crippen molar-refractivity contribution in [3.63, 3.8) is 0 Å². The van der Waals surface area contributed by atoms with Crippen LogP contribution in [-0.4, -0.2) is 23.8 Å². The molecule has 1 amide bonds. The van der Waals surface area contributed by atoms with Crippen molar-refractivity contribution in [1.29, 1.82) is 0 Å². The molecule has 5 heteroatoms. The molecule has 0 bridgehead atoms. The average Bonchev–Trinajstić information content (AvgIpc) is 2.96. The van der Waals surface area contributed by atoms with Crippen molar-refractivity contribution in [2.24, 2.45) is 5.10 Å². The molecule has 0 atom stereocenters. The number of aryl methyl sites for hydroxylation is 3. The van der Waals surface area contributed by atoms with Gasteiger partial charge in [-0.1, -0.05) is 18.2 Å². The molecular weight excluding hydrogens is 350 g/mol. The van der Waals surface area contributed by atoms with Gasteiger partial charge in [-0.25, -0.2) is 5.43 Å². The molecule has 0 saturated carbocycles. The van der Waals surface area contributed by atoms with E-state index in [9.17, 15) is 4.79 Å². The van der Waals surface area contributed by atoms with Crippen LogP contribution in [-0.2, 0) is 0 Å². The Morgan fingerprint density at radius 3 is 2.29 bits per heavy atom. The molecule has 144 valence electrons. The van der Waals surface area contributed by atoms with E-state index in [1.807, 2.05) is 0 Å². The second-order valence-electron chi connectivity index (χ2n) is 6.83. The lowest BCUT2D eigenvalue weighted by Gasteiger charge is -2.15. The van der Waals surface area contributed by atoms with Crippen LogP contribution in [0.5, 0.6) is 5.75 Å². The van der Waals surface area contributed by atoms with Gasteiger partial charge in [0.05, 0.1) is 19.0 Å². The van der Waals surface area contributed by atoms with E-state index in [4.69, 9.17) is 4.74 Å². The van der Waals surface area contributed by atoms with Crippen molar-refractivity contribution in [2.45, 2.75) is 27.7 Å². The Labute approximate surface area is 165 Å². The van der Waals surface area contributed by atoms with Gasteiger partial charge in [0.15, 0.2) is 0 Å². The summed E-state index contributed by atoms with van der Waals surface area (Å²) < 4.78 is 7.34. The van der Waals surface area contributed by atoms with Crippen LogP contribution in [0.15, 0.2) is 53.6 Å². The van der Waals surface area contributed by atoms with E-state index in [2.05, 4.69) is 67.1 Å². The fourth-order valence-electron chi connectivity index (χ4n) is 3.39. The van der Waals surface area contributed by atoms with Crippen LogP contribution in [0, 0.1) is 27.7 Å². The lowest BCUT2D eigenvalue weighted by Crippen LogP contribution is -2.17. The number of para-hydroxylation sites is 1. The molecule has 0 unspecified atom stereocenters.